The molecule has 0 spiro atoms. The molecule has 0 bridgehead atoms. The summed E-state index contributed by atoms with van der Waals surface area (Å²) in [7, 11) is 0. The van der Waals surface area contributed by atoms with Gasteiger partial charge in [0.05, 0.1) is 11.7 Å². The van der Waals surface area contributed by atoms with Crippen LogP contribution in [0.1, 0.15) is 25.5 Å². The van der Waals surface area contributed by atoms with Crippen LogP contribution in [-0.2, 0) is 4.74 Å². The molecule has 0 saturated carbocycles. The van der Waals surface area contributed by atoms with Crippen molar-refractivity contribution in [3.63, 3.8) is 0 Å². The predicted octanol–water partition coefficient (Wildman–Crippen LogP) is 3.78. The van der Waals surface area contributed by atoms with Gasteiger partial charge in [0.25, 0.3) is 0 Å². The number of nitrogens with zero attached hydrogens (tertiary/aromatic N) is 3. The molecular weight excluding hydrogens is 288 g/mol. The predicted molar refractivity (Wildman–Crippen MR) is 81.2 cm³/mol. The number of H-pyrrole nitrogens is 1. The van der Waals surface area contributed by atoms with Crippen molar-refractivity contribution in [3.05, 3.63) is 36.0 Å². The van der Waals surface area contributed by atoms with E-state index in [1.165, 1.54) is 6.42 Å². The van der Waals surface area contributed by atoms with E-state index in [2.05, 4.69) is 15.1 Å². The summed E-state index contributed by atoms with van der Waals surface area (Å²) in [5, 5.41) is 5.99. The highest BCUT2D eigenvalue weighted by atomic mass is 35.5. The second-order valence-corrected chi connectivity index (χ2v) is 5.62. The minimum atomic E-state index is 0.0504. The molecule has 0 aliphatic carbocycles. The molecule has 1 aliphatic heterocycles. The molecule has 1 N–H and O–H groups in total. The average Bonchev–Trinajstić information content (AvgIpc) is 3.18. The number of fused-ring (bicyclic) bond motifs is 1. The Bertz CT molecular complexity index is 773. The summed E-state index contributed by atoms with van der Waals surface area (Å²) < 4.78 is 7.67. The average molecular weight is 303 g/mol. The minimum Gasteiger partial charge on any atom is -0.359 e. The summed E-state index contributed by atoms with van der Waals surface area (Å²) in [5.74, 6) is 0. The van der Waals surface area contributed by atoms with Gasteiger partial charge in [-0.2, -0.15) is 5.10 Å². The van der Waals surface area contributed by atoms with Gasteiger partial charge in [-0.3, -0.25) is 0 Å². The van der Waals surface area contributed by atoms with Crippen molar-refractivity contribution < 1.29 is 4.74 Å². The molecule has 1 unspecified atom stereocenters. The molecule has 21 heavy (non-hydrogen) atoms. The molecule has 1 fully saturated rings. The number of aromatic nitrogens is 4. The standard InChI is InChI=1S/C15H15ClN4O/c16-15-14-11(4-5-17-14)12(8-18-15)10-7-19-20(9-10)13-3-1-2-6-21-13/h4-5,7-9,13,17H,1-3,6H2. The van der Waals surface area contributed by atoms with E-state index in [1.807, 2.05) is 29.3 Å². The van der Waals surface area contributed by atoms with Gasteiger partial charge in [-0.15, -0.1) is 0 Å². The van der Waals surface area contributed by atoms with Crippen molar-refractivity contribution >= 4 is 22.5 Å². The van der Waals surface area contributed by atoms with Crippen LogP contribution in [0.25, 0.3) is 22.0 Å². The third-order valence-corrected chi connectivity index (χ3v) is 4.20. The molecule has 6 heteroatoms. The Morgan fingerprint density at radius 2 is 2.29 bits per heavy atom. The molecule has 108 valence electrons. The Hall–Kier alpha value is -1.85. The van der Waals surface area contributed by atoms with E-state index >= 15 is 0 Å². The van der Waals surface area contributed by atoms with Crippen LogP contribution in [0, 0.1) is 0 Å². The van der Waals surface area contributed by atoms with Gasteiger partial charge in [0.2, 0.25) is 0 Å². The van der Waals surface area contributed by atoms with Crippen LogP contribution < -0.4 is 0 Å². The van der Waals surface area contributed by atoms with E-state index in [0.717, 1.165) is 41.5 Å². The first-order valence-electron chi connectivity index (χ1n) is 7.10. The van der Waals surface area contributed by atoms with Gasteiger partial charge in [0.1, 0.15) is 6.23 Å². The van der Waals surface area contributed by atoms with E-state index in [0.29, 0.717) is 5.15 Å². The van der Waals surface area contributed by atoms with Crippen LogP contribution in [0.3, 0.4) is 0 Å². The van der Waals surface area contributed by atoms with Crippen LogP contribution in [0.2, 0.25) is 5.15 Å². The second kappa shape index (κ2) is 5.16. The first-order valence-corrected chi connectivity index (χ1v) is 7.48. The molecule has 4 rings (SSSR count). The zero-order valence-electron chi connectivity index (χ0n) is 11.4. The molecular formula is C15H15ClN4O. The van der Waals surface area contributed by atoms with Gasteiger partial charge in [-0.1, -0.05) is 11.6 Å². The van der Waals surface area contributed by atoms with Gasteiger partial charge in [-0.25, -0.2) is 9.67 Å². The van der Waals surface area contributed by atoms with Gasteiger partial charge in [0, 0.05) is 41.7 Å². The lowest BCUT2D eigenvalue weighted by molar-refractivity contribution is -0.0394. The Kier molecular flexibility index (Phi) is 3.16. The van der Waals surface area contributed by atoms with Gasteiger partial charge >= 0.3 is 0 Å². The number of ether oxygens (including phenoxy) is 1. The fraction of sp³-hybridized carbons (Fsp3) is 0.333. The quantitative estimate of drug-likeness (QED) is 0.733. The number of hydrogen-bond donors (Lipinski definition) is 1. The van der Waals surface area contributed by atoms with E-state index in [9.17, 15) is 0 Å². The first kappa shape index (κ1) is 12.9. The molecule has 1 saturated heterocycles. The molecule has 3 aromatic heterocycles. The van der Waals surface area contributed by atoms with Crippen LogP contribution in [-0.4, -0.2) is 26.4 Å². The van der Waals surface area contributed by atoms with Gasteiger partial charge in [0.15, 0.2) is 5.15 Å². The maximum atomic E-state index is 6.10. The Morgan fingerprint density at radius 3 is 3.14 bits per heavy atom. The Morgan fingerprint density at radius 1 is 1.33 bits per heavy atom. The first-order chi connectivity index (χ1) is 10.3. The lowest BCUT2D eigenvalue weighted by Gasteiger charge is -2.22. The van der Waals surface area contributed by atoms with Crippen molar-refractivity contribution in [3.8, 4) is 11.1 Å². The molecule has 0 amide bonds. The van der Waals surface area contributed by atoms with E-state index in [4.69, 9.17) is 16.3 Å². The fourth-order valence-electron chi connectivity index (χ4n) is 2.82. The monoisotopic (exact) mass is 302 g/mol. The van der Waals surface area contributed by atoms with Gasteiger partial charge in [-0.05, 0) is 25.3 Å². The van der Waals surface area contributed by atoms with Crippen molar-refractivity contribution in [1.29, 1.82) is 0 Å². The number of hydrogen-bond acceptors (Lipinski definition) is 3. The third-order valence-electron chi connectivity index (χ3n) is 3.91. The normalized spacial score (nSPS) is 19.2. The lowest BCUT2D eigenvalue weighted by Crippen LogP contribution is -2.18. The van der Waals surface area contributed by atoms with Crippen LogP contribution in [0.4, 0.5) is 0 Å². The third kappa shape index (κ3) is 2.22. The summed E-state index contributed by atoms with van der Waals surface area (Å²) >= 11 is 6.10. The van der Waals surface area contributed by atoms with Crippen molar-refractivity contribution in [2.75, 3.05) is 6.61 Å². The number of halogens is 1. The largest absolute Gasteiger partial charge is 0.359 e. The van der Waals surface area contributed by atoms with E-state index < -0.39 is 0 Å². The minimum absolute atomic E-state index is 0.0504. The summed E-state index contributed by atoms with van der Waals surface area (Å²) in [6, 6.07) is 2.01. The number of pyridine rings is 1. The Labute approximate surface area is 126 Å². The zero-order chi connectivity index (χ0) is 14.2. The molecule has 4 heterocycles. The summed E-state index contributed by atoms with van der Waals surface area (Å²) in [5.41, 5.74) is 2.91. The highest BCUT2D eigenvalue weighted by molar-refractivity contribution is 6.34. The van der Waals surface area contributed by atoms with Crippen molar-refractivity contribution in [1.82, 2.24) is 19.7 Å². The zero-order valence-corrected chi connectivity index (χ0v) is 12.2. The summed E-state index contributed by atoms with van der Waals surface area (Å²) in [6.45, 7) is 0.810. The second-order valence-electron chi connectivity index (χ2n) is 5.26. The van der Waals surface area contributed by atoms with Crippen molar-refractivity contribution in [2.24, 2.45) is 0 Å². The maximum Gasteiger partial charge on any atom is 0.153 e. The fourth-order valence-corrected chi connectivity index (χ4v) is 3.02. The van der Waals surface area contributed by atoms with E-state index in [1.54, 1.807) is 6.20 Å². The number of rotatable bonds is 2. The molecule has 5 nitrogen and oxygen atoms in total. The summed E-state index contributed by atoms with van der Waals surface area (Å²) in [6.07, 6.45) is 10.9. The lowest BCUT2D eigenvalue weighted by atomic mass is 10.1. The topological polar surface area (TPSA) is 55.7 Å². The maximum absolute atomic E-state index is 6.10. The molecule has 1 atom stereocenters. The van der Waals surface area contributed by atoms with Crippen LogP contribution >= 0.6 is 11.6 Å². The summed E-state index contributed by atoms with van der Waals surface area (Å²) in [4.78, 5) is 7.37. The SMILES string of the molecule is Clc1ncc(-c2cnn(C3CCCCO3)c2)c2cc[nH]c12. The smallest absolute Gasteiger partial charge is 0.153 e. The van der Waals surface area contributed by atoms with E-state index in [-0.39, 0.29) is 6.23 Å². The van der Waals surface area contributed by atoms with Gasteiger partial charge < -0.3 is 9.72 Å². The highest BCUT2D eigenvalue weighted by Crippen LogP contribution is 2.31. The number of aromatic amines is 1. The Balaban J connectivity index is 1.74. The highest BCUT2D eigenvalue weighted by Gasteiger charge is 2.18. The van der Waals surface area contributed by atoms with Crippen LogP contribution in [0.15, 0.2) is 30.9 Å². The molecule has 0 aromatic carbocycles. The number of nitrogens with one attached hydrogen (secondary N) is 1. The van der Waals surface area contributed by atoms with Crippen molar-refractivity contribution in [2.45, 2.75) is 25.5 Å². The molecule has 0 radical (unpaired) electrons. The molecule has 3 aromatic rings. The molecule has 1 aliphatic rings. The van der Waals surface area contributed by atoms with Crippen LogP contribution in [0.5, 0.6) is 0 Å².